The lowest BCUT2D eigenvalue weighted by Crippen LogP contribution is -2.58. The first kappa shape index (κ1) is 74.3. The van der Waals surface area contributed by atoms with Crippen molar-refractivity contribution in [1.29, 1.82) is 0 Å². The lowest BCUT2D eigenvalue weighted by atomic mass is 10.1. The van der Waals surface area contributed by atoms with Crippen LogP contribution < -0.4 is 77.6 Å². The van der Waals surface area contributed by atoms with E-state index < -0.39 is 85.3 Å². The quantitative estimate of drug-likeness (QED) is 0.0880. The van der Waals surface area contributed by atoms with E-state index in [-0.39, 0.29) is 0 Å². The van der Waals surface area contributed by atoms with E-state index in [1.807, 2.05) is 298 Å². The van der Waals surface area contributed by atoms with E-state index in [0.29, 0.717) is 89.7 Å². The highest BCUT2D eigenvalue weighted by Crippen LogP contribution is 2.44. The second-order valence-electron chi connectivity index (χ2n) is 34.5. The minimum atomic E-state index is -3.01. The Balaban J connectivity index is 2.73. The van der Waals surface area contributed by atoms with Gasteiger partial charge in [-0.25, -0.2) is 0 Å². The smallest absolute Gasteiger partial charge is 0.280 e. The third-order valence-corrected chi connectivity index (χ3v) is 15.4. The fourth-order valence-corrected chi connectivity index (χ4v) is 14.3. The molecule has 0 fully saturated rings. The molecule has 0 N–H and O–H groups in total. The van der Waals surface area contributed by atoms with Gasteiger partial charge in [0.05, 0.1) is 0 Å². The predicted molar refractivity (Wildman–Crippen MR) is 361 cm³/mol. The molecule has 0 heterocycles. The van der Waals surface area contributed by atoms with Gasteiger partial charge in [0, 0.05) is 45.0 Å². The van der Waals surface area contributed by atoms with Crippen LogP contribution >= 0.6 is 0 Å². The zero-order valence-electron chi connectivity index (χ0n) is 60.9. The van der Waals surface area contributed by atoms with Crippen LogP contribution in [0.15, 0.2) is 48.5 Å². The van der Waals surface area contributed by atoms with Gasteiger partial charge < -0.3 is 61.0 Å². The number of ether oxygens (including phenoxy) is 12. The summed E-state index contributed by atoms with van der Waals surface area (Å²) >= 11 is 0. The van der Waals surface area contributed by atoms with Crippen molar-refractivity contribution in [3.63, 3.8) is 0 Å². The Labute approximate surface area is 531 Å². The van der Waals surface area contributed by atoms with E-state index in [0.717, 1.165) is 0 Å². The molecule has 4 aromatic carbocycles. The largest absolute Gasteiger partial charge is 0.488 e. The Bertz CT molecular complexity index is 2570. The molecule has 0 unspecified atom stereocenters. The Morgan fingerprint density at radius 1 is 0.184 bits per heavy atom. The summed E-state index contributed by atoms with van der Waals surface area (Å²) in [6.07, 6.45) is 0. The van der Waals surface area contributed by atoms with Crippen LogP contribution in [0.4, 0.5) is 0 Å². The number of benzene rings is 4. The maximum absolute atomic E-state index is 8.74. The molecular weight excluding hydrogens is 1130 g/mol. The second-order valence-corrected chi connectivity index (χ2v) is 38.8. The molecule has 0 spiro atoms. The zero-order chi connectivity index (χ0) is 67.2. The average Bonchev–Trinajstić information content (AvgIpc) is 0.872. The van der Waals surface area contributed by atoms with E-state index in [9.17, 15) is 0 Å². The van der Waals surface area contributed by atoms with Gasteiger partial charge in [0.15, 0.2) is 46.0 Å². The topological polar surface area (TPSA) is 120 Å². The number of hydrogen-bond acceptors (Lipinski definition) is 13. The van der Waals surface area contributed by atoms with E-state index in [2.05, 4.69) is 0 Å². The van der Waals surface area contributed by atoms with E-state index in [1.54, 1.807) is 0 Å². The lowest BCUT2D eigenvalue weighted by molar-refractivity contribution is 0.0935. The van der Waals surface area contributed by atoms with Crippen molar-refractivity contribution in [2.45, 2.75) is 316 Å². The van der Waals surface area contributed by atoms with E-state index >= 15 is 0 Å². The summed E-state index contributed by atoms with van der Waals surface area (Å²) in [5.41, 5.74) is -8.61. The van der Waals surface area contributed by atoms with Crippen molar-refractivity contribution in [3.05, 3.63) is 48.5 Å². The normalized spacial score (nSPS) is 13.8. The van der Waals surface area contributed by atoms with E-state index in [4.69, 9.17) is 61.0 Å². The minimum Gasteiger partial charge on any atom is -0.488 e. The number of rotatable bonds is 18. The summed E-state index contributed by atoms with van der Waals surface area (Å²) in [5.74, 6) is 5.76. The monoisotopic (exact) mass is 1240 g/mol. The Hall–Kier alpha value is -5.13. The van der Waals surface area contributed by atoms with Gasteiger partial charge in [-0.15, -0.1) is 0 Å². The Morgan fingerprint density at radius 2 is 0.322 bits per heavy atom. The van der Waals surface area contributed by atoms with Crippen LogP contribution in [0.2, 0.25) is 0 Å². The molecule has 4 rings (SSSR count). The summed E-state index contributed by atoms with van der Waals surface area (Å²) in [5, 5.41) is 2.57. The van der Waals surface area contributed by atoms with Crippen LogP contribution in [0.1, 0.15) is 249 Å². The first-order chi connectivity index (χ1) is 38.5. The standard InChI is InChI=1S/C72H116O13Si2/c1-61(2,3)73-45-37-49(77-65(13,14)15)57(81-69(25,26)27)53(41-45)86(54-42-46(74-62(4,5)6)38-50(78-66(16,17)18)58(54)82-70(28,29)30)85-87(55-43-47(75-63(7,8)9)39-51(79-67(19,20)21)59(55)83-71(31,32)33)56-44-48(76-64(10,11)12)40-52(80-68(22,23)24)60(56)84-72(34,35)36/h37-44H,1-36H3. The molecule has 15 heteroatoms. The zero-order valence-corrected chi connectivity index (χ0v) is 62.9. The molecule has 0 aliphatic heterocycles. The van der Waals surface area contributed by atoms with Gasteiger partial charge >= 0.3 is 0 Å². The van der Waals surface area contributed by atoms with E-state index in [1.165, 1.54) is 0 Å². The van der Waals surface area contributed by atoms with Crippen molar-refractivity contribution in [3.8, 4) is 69.0 Å². The third-order valence-electron chi connectivity index (χ3n) is 10.3. The van der Waals surface area contributed by atoms with Crippen molar-refractivity contribution in [2.75, 3.05) is 0 Å². The summed E-state index contributed by atoms with van der Waals surface area (Å²) in [7, 11) is -6.02. The minimum absolute atomic E-state index is 0.455. The molecule has 0 aliphatic rings. The molecule has 4 aromatic rings. The van der Waals surface area contributed by atoms with Crippen molar-refractivity contribution < 1.29 is 61.0 Å². The van der Waals surface area contributed by atoms with Crippen molar-refractivity contribution >= 4 is 38.8 Å². The van der Waals surface area contributed by atoms with Crippen LogP contribution in [-0.2, 0) is 4.12 Å². The van der Waals surface area contributed by atoms with Gasteiger partial charge in [-0.3, -0.25) is 0 Å². The molecule has 87 heavy (non-hydrogen) atoms. The van der Waals surface area contributed by atoms with Crippen LogP contribution in [-0.4, -0.2) is 85.3 Å². The summed E-state index contributed by atoms with van der Waals surface area (Å²) in [6, 6.07) is 15.8. The molecule has 0 saturated carbocycles. The van der Waals surface area contributed by atoms with Gasteiger partial charge in [-0.2, -0.15) is 0 Å². The van der Waals surface area contributed by atoms with Crippen LogP contribution in [0.25, 0.3) is 0 Å². The maximum Gasteiger partial charge on any atom is 0.280 e. The second kappa shape index (κ2) is 25.6. The van der Waals surface area contributed by atoms with Crippen molar-refractivity contribution in [2.24, 2.45) is 0 Å². The van der Waals surface area contributed by atoms with Crippen LogP contribution in [0.3, 0.4) is 0 Å². The van der Waals surface area contributed by atoms with Crippen LogP contribution in [0, 0.1) is 0 Å². The fraction of sp³-hybridized carbons (Fsp3) is 0.667. The molecule has 2 radical (unpaired) electrons. The molecule has 0 atom stereocenters. The van der Waals surface area contributed by atoms with Gasteiger partial charge in [-0.1, -0.05) is 0 Å². The van der Waals surface area contributed by atoms with Crippen LogP contribution in [0.5, 0.6) is 69.0 Å². The average molecular weight is 1250 g/mol. The van der Waals surface area contributed by atoms with Gasteiger partial charge in [-0.05, 0) is 274 Å². The summed E-state index contributed by atoms with van der Waals surface area (Å²) < 4.78 is 94.5. The molecule has 490 valence electrons. The number of hydrogen-bond donors (Lipinski definition) is 0. The first-order valence-electron chi connectivity index (χ1n) is 30.9. The highest BCUT2D eigenvalue weighted by molar-refractivity contribution is 6.93. The highest BCUT2D eigenvalue weighted by atomic mass is 28.4. The fourth-order valence-electron chi connectivity index (χ4n) is 8.51. The van der Waals surface area contributed by atoms with Gasteiger partial charge in [0.1, 0.15) is 90.2 Å². The highest BCUT2D eigenvalue weighted by Gasteiger charge is 2.44. The first-order valence-corrected chi connectivity index (χ1v) is 33.7. The molecule has 0 amide bonds. The maximum atomic E-state index is 8.74. The van der Waals surface area contributed by atoms with Gasteiger partial charge in [0.2, 0.25) is 0 Å². The molecule has 0 aliphatic carbocycles. The lowest BCUT2D eigenvalue weighted by Gasteiger charge is -2.36. The molecular formula is C72H116O13Si2. The summed E-state index contributed by atoms with van der Waals surface area (Å²) in [6.45, 7) is 73.0. The molecule has 0 bridgehead atoms. The summed E-state index contributed by atoms with van der Waals surface area (Å²) in [4.78, 5) is 0. The predicted octanol–water partition coefficient (Wildman–Crippen LogP) is 16.7. The molecule has 13 nitrogen and oxygen atoms in total. The molecule has 0 aromatic heterocycles. The third kappa shape index (κ3) is 26.1. The SMILES string of the molecule is CC(C)(C)Oc1cc(OC(C)(C)C)c(OC(C)(C)C)c([Si](O[Si](c2cc(OC(C)(C)C)cc(OC(C)(C)C)c2OC(C)(C)C)c2cc(OC(C)(C)C)cc(OC(C)(C)C)c2OC(C)(C)C)c2cc(OC(C)(C)C)cc(OC(C)(C)C)c2OC(C)(C)C)c1. The Morgan fingerprint density at radius 3 is 0.448 bits per heavy atom. The van der Waals surface area contributed by atoms with Gasteiger partial charge in [0.25, 0.3) is 18.1 Å². The molecule has 0 saturated heterocycles. The Kier molecular flexibility index (Phi) is 21.9. The van der Waals surface area contributed by atoms with Crippen molar-refractivity contribution in [1.82, 2.24) is 0 Å².